The van der Waals surface area contributed by atoms with Gasteiger partial charge < -0.3 is 10.8 Å². The van der Waals surface area contributed by atoms with Crippen molar-refractivity contribution in [3.8, 4) is 0 Å². The molecule has 0 aliphatic carbocycles. The van der Waals surface area contributed by atoms with Crippen molar-refractivity contribution in [3.05, 3.63) is 59.0 Å². The average molecular weight is 254 g/mol. The molecule has 1 aromatic carbocycles. The van der Waals surface area contributed by atoms with Gasteiger partial charge in [-0.25, -0.2) is 18.2 Å². The summed E-state index contributed by atoms with van der Waals surface area (Å²) in [6.45, 7) is 0. The van der Waals surface area contributed by atoms with Crippen molar-refractivity contribution >= 4 is 5.82 Å². The number of benzene rings is 1. The van der Waals surface area contributed by atoms with Crippen molar-refractivity contribution in [1.29, 1.82) is 0 Å². The zero-order valence-corrected chi connectivity index (χ0v) is 9.07. The first-order valence-electron chi connectivity index (χ1n) is 5.03. The Hall–Kier alpha value is -2.08. The maximum absolute atomic E-state index is 13.0. The average Bonchev–Trinajstić information content (AvgIpc) is 2.35. The molecule has 0 amide bonds. The van der Waals surface area contributed by atoms with Gasteiger partial charge in [0, 0.05) is 11.8 Å². The smallest absolute Gasteiger partial charge is 0.194 e. The Bertz CT molecular complexity index is 566. The van der Waals surface area contributed by atoms with Crippen LogP contribution in [-0.2, 0) is 0 Å². The number of aromatic nitrogens is 1. The Morgan fingerprint density at radius 1 is 1.17 bits per heavy atom. The molecule has 3 N–H and O–H groups in total. The van der Waals surface area contributed by atoms with Crippen LogP contribution >= 0.6 is 0 Å². The number of hydrogen-bond acceptors (Lipinski definition) is 3. The van der Waals surface area contributed by atoms with Gasteiger partial charge in [-0.05, 0) is 23.8 Å². The topological polar surface area (TPSA) is 59.1 Å². The molecule has 0 spiro atoms. The van der Waals surface area contributed by atoms with Crippen LogP contribution in [0.25, 0.3) is 0 Å². The third-order valence-corrected chi connectivity index (χ3v) is 2.49. The van der Waals surface area contributed by atoms with E-state index < -0.39 is 23.6 Å². The maximum atomic E-state index is 13.0. The molecule has 6 heteroatoms. The van der Waals surface area contributed by atoms with Crippen molar-refractivity contribution in [1.82, 2.24) is 4.98 Å². The van der Waals surface area contributed by atoms with E-state index in [4.69, 9.17) is 5.73 Å². The second kappa shape index (κ2) is 4.66. The van der Waals surface area contributed by atoms with E-state index in [-0.39, 0.29) is 16.9 Å². The van der Waals surface area contributed by atoms with Crippen LogP contribution < -0.4 is 5.73 Å². The number of aliphatic hydroxyl groups is 1. The fourth-order valence-corrected chi connectivity index (χ4v) is 1.57. The lowest BCUT2D eigenvalue weighted by Gasteiger charge is -2.13. The number of rotatable bonds is 2. The molecule has 2 rings (SSSR count). The molecule has 18 heavy (non-hydrogen) atoms. The number of aliphatic hydroxyl groups excluding tert-OH is 1. The maximum Gasteiger partial charge on any atom is 0.194 e. The van der Waals surface area contributed by atoms with Gasteiger partial charge in [0.25, 0.3) is 0 Å². The molecule has 94 valence electrons. The number of pyridine rings is 1. The predicted octanol–water partition coefficient (Wildman–Crippen LogP) is 2.16. The first kappa shape index (κ1) is 12.4. The van der Waals surface area contributed by atoms with Gasteiger partial charge in [0.2, 0.25) is 0 Å². The summed E-state index contributed by atoms with van der Waals surface area (Å²) in [4.78, 5) is 3.74. The molecule has 1 aromatic heterocycles. The molecule has 1 atom stereocenters. The third-order valence-electron chi connectivity index (χ3n) is 2.49. The Morgan fingerprint density at radius 2 is 1.78 bits per heavy atom. The quantitative estimate of drug-likeness (QED) is 0.807. The Kier molecular flexibility index (Phi) is 3.20. The molecule has 0 saturated carbocycles. The fourth-order valence-electron chi connectivity index (χ4n) is 1.57. The van der Waals surface area contributed by atoms with E-state index in [2.05, 4.69) is 4.98 Å². The lowest BCUT2D eigenvalue weighted by molar-refractivity contribution is 0.219. The molecular weight excluding hydrogens is 245 g/mol. The number of anilines is 1. The zero-order valence-electron chi connectivity index (χ0n) is 9.07. The summed E-state index contributed by atoms with van der Waals surface area (Å²) in [6.07, 6.45) is 0.0421. The van der Waals surface area contributed by atoms with Crippen LogP contribution in [0.3, 0.4) is 0 Å². The van der Waals surface area contributed by atoms with Crippen LogP contribution in [-0.4, -0.2) is 10.1 Å². The van der Waals surface area contributed by atoms with Crippen LogP contribution in [0.4, 0.5) is 19.0 Å². The Labute approximate surface area is 101 Å². The summed E-state index contributed by atoms with van der Waals surface area (Å²) in [6, 6.07) is 4.42. The molecule has 0 saturated heterocycles. The Balaban J connectivity index is 2.47. The van der Waals surface area contributed by atoms with Crippen molar-refractivity contribution < 1.29 is 18.3 Å². The number of halogens is 3. The van der Waals surface area contributed by atoms with Gasteiger partial charge in [-0.2, -0.15) is 0 Å². The zero-order chi connectivity index (χ0) is 13.3. The first-order valence-corrected chi connectivity index (χ1v) is 5.03. The third kappa shape index (κ3) is 2.14. The summed E-state index contributed by atoms with van der Waals surface area (Å²) in [5, 5.41) is 9.94. The molecule has 0 radical (unpaired) electrons. The minimum absolute atomic E-state index is 0.0372. The fraction of sp³-hybridized carbons (Fsp3) is 0.0833. The highest BCUT2D eigenvalue weighted by Gasteiger charge is 2.18. The number of nitrogen functional groups attached to an aromatic ring is 1. The van der Waals surface area contributed by atoms with Crippen molar-refractivity contribution in [2.45, 2.75) is 6.10 Å². The van der Waals surface area contributed by atoms with Gasteiger partial charge in [0.15, 0.2) is 17.5 Å². The highest BCUT2D eigenvalue weighted by molar-refractivity contribution is 5.44. The standard InChI is InChI=1S/C12H9F3N2O/c13-8-4-6(5-9(14)10(8)15)11(18)7-2-1-3-17-12(7)16/h1-5,11,18H,(H2,16,17). The summed E-state index contributed by atoms with van der Waals surface area (Å²) in [5.41, 5.74) is 5.60. The van der Waals surface area contributed by atoms with E-state index in [9.17, 15) is 18.3 Å². The van der Waals surface area contributed by atoms with Gasteiger partial charge in [0.05, 0.1) is 0 Å². The Morgan fingerprint density at radius 3 is 2.33 bits per heavy atom. The first-order chi connectivity index (χ1) is 8.50. The van der Waals surface area contributed by atoms with Gasteiger partial charge in [-0.15, -0.1) is 0 Å². The molecule has 0 aliphatic heterocycles. The van der Waals surface area contributed by atoms with E-state index in [1.807, 2.05) is 0 Å². The molecule has 1 unspecified atom stereocenters. The van der Waals surface area contributed by atoms with E-state index in [1.165, 1.54) is 18.3 Å². The minimum atomic E-state index is -1.58. The number of hydrogen-bond donors (Lipinski definition) is 2. The lowest BCUT2D eigenvalue weighted by atomic mass is 10.0. The van der Waals surface area contributed by atoms with E-state index in [0.29, 0.717) is 0 Å². The van der Waals surface area contributed by atoms with Gasteiger partial charge >= 0.3 is 0 Å². The van der Waals surface area contributed by atoms with Gasteiger partial charge in [-0.1, -0.05) is 6.07 Å². The number of nitrogens with zero attached hydrogens (tertiary/aromatic N) is 1. The van der Waals surface area contributed by atoms with Crippen molar-refractivity contribution in [2.75, 3.05) is 5.73 Å². The highest BCUT2D eigenvalue weighted by atomic mass is 19.2. The van der Waals surface area contributed by atoms with E-state index in [1.54, 1.807) is 0 Å². The van der Waals surface area contributed by atoms with Gasteiger partial charge in [-0.3, -0.25) is 0 Å². The van der Waals surface area contributed by atoms with Crippen LogP contribution in [0.5, 0.6) is 0 Å². The molecule has 3 nitrogen and oxygen atoms in total. The highest BCUT2D eigenvalue weighted by Crippen LogP contribution is 2.27. The molecular formula is C12H9F3N2O. The normalized spacial score (nSPS) is 12.4. The van der Waals surface area contributed by atoms with Crippen LogP contribution in [0.2, 0.25) is 0 Å². The minimum Gasteiger partial charge on any atom is -0.384 e. The van der Waals surface area contributed by atoms with Crippen LogP contribution in [0.15, 0.2) is 30.5 Å². The molecule has 0 bridgehead atoms. The summed E-state index contributed by atoms with van der Waals surface area (Å²) >= 11 is 0. The lowest BCUT2D eigenvalue weighted by Crippen LogP contribution is -2.07. The second-order valence-corrected chi connectivity index (χ2v) is 3.68. The summed E-state index contributed by atoms with van der Waals surface area (Å²) in [5.74, 6) is -4.28. The van der Waals surface area contributed by atoms with E-state index in [0.717, 1.165) is 12.1 Å². The van der Waals surface area contributed by atoms with Gasteiger partial charge in [0.1, 0.15) is 11.9 Å². The second-order valence-electron chi connectivity index (χ2n) is 3.68. The predicted molar refractivity (Wildman–Crippen MR) is 59.0 cm³/mol. The molecule has 2 aromatic rings. The summed E-state index contributed by atoms with van der Waals surface area (Å²) in [7, 11) is 0. The summed E-state index contributed by atoms with van der Waals surface area (Å²) < 4.78 is 38.9. The molecule has 0 fully saturated rings. The van der Waals surface area contributed by atoms with Crippen molar-refractivity contribution in [2.24, 2.45) is 0 Å². The molecule has 1 heterocycles. The monoisotopic (exact) mass is 254 g/mol. The largest absolute Gasteiger partial charge is 0.384 e. The SMILES string of the molecule is Nc1ncccc1C(O)c1cc(F)c(F)c(F)c1. The number of nitrogens with two attached hydrogens (primary N) is 1. The molecule has 0 aliphatic rings. The van der Waals surface area contributed by atoms with E-state index >= 15 is 0 Å². The van der Waals surface area contributed by atoms with Crippen LogP contribution in [0.1, 0.15) is 17.2 Å². The van der Waals surface area contributed by atoms with Crippen molar-refractivity contribution in [3.63, 3.8) is 0 Å². The van der Waals surface area contributed by atoms with Crippen LogP contribution in [0, 0.1) is 17.5 Å².